The fourth-order valence-electron chi connectivity index (χ4n) is 2.72. The zero-order valence-electron chi connectivity index (χ0n) is 17.4. The number of amides is 1. The van der Waals surface area contributed by atoms with Crippen LogP contribution in [0.3, 0.4) is 0 Å². The van der Waals surface area contributed by atoms with Gasteiger partial charge >= 0.3 is 5.97 Å². The molecule has 0 aliphatic carbocycles. The van der Waals surface area contributed by atoms with Crippen molar-refractivity contribution in [1.82, 2.24) is 5.32 Å². The van der Waals surface area contributed by atoms with E-state index >= 15 is 0 Å². The zero-order valence-corrected chi connectivity index (χ0v) is 18.9. The van der Waals surface area contributed by atoms with E-state index in [2.05, 4.69) is 11.9 Å². The number of ether oxygens (including phenoxy) is 1. The molecule has 2 rings (SSSR count). The normalized spacial score (nSPS) is 11.1. The summed E-state index contributed by atoms with van der Waals surface area (Å²) < 4.78 is 32.7. The van der Waals surface area contributed by atoms with Crippen LogP contribution in [0.15, 0.2) is 66.1 Å². The Hall–Kier alpha value is -2.84. The molecule has 2 aromatic carbocycles. The maximum atomic E-state index is 13.3. The molecule has 0 spiro atoms. The molecule has 0 aliphatic heterocycles. The van der Waals surface area contributed by atoms with Crippen LogP contribution in [0.25, 0.3) is 0 Å². The number of halogens is 1. The summed E-state index contributed by atoms with van der Waals surface area (Å²) in [5, 5.41) is 2.86. The van der Waals surface area contributed by atoms with Crippen LogP contribution in [0.1, 0.15) is 30.6 Å². The lowest BCUT2D eigenvalue weighted by Gasteiger charge is -2.24. The number of rotatable bonds is 10. The number of hydrogen-bond acceptors (Lipinski definition) is 5. The van der Waals surface area contributed by atoms with E-state index in [1.807, 2.05) is 0 Å². The summed E-state index contributed by atoms with van der Waals surface area (Å²) in [6.07, 6.45) is 1.23. The molecule has 0 fully saturated rings. The number of nitrogens with zero attached hydrogens (tertiary/aromatic N) is 1. The molecular formula is C22H25ClN2O5S. The second-order valence-electron chi connectivity index (χ2n) is 6.85. The SMILES string of the molecule is C=CCN(c1ccccc1Cl)S(=O)(=O)c1cccc(C(=O)NCCC(=O)OC(C)C)c1. The maximum absolute atomic E-state index is 13.3. The van der Waals surface area contributed by atoms with Gasteiger partial charge in [0.2, 0.25) is 0 Å². The third-order valence-corrected chi connectivity index (χ3v) is 6.18. The number of nitrogens with one attached hydrogen (secondary N) is 1. The molecule has 166 valence electrons. The Morgan fingerprint density at radius 3 is 2.55 bits per heavy atom. The van der Waals surface area contributed by atoms with Crippen molar-refractivity contribution in [3.8, 4) is 0 Å². The minimum absolute atomic E-state index is 0.000450. The monoisotopic (exact) mass is 464 g/mol. The lowest BCUT2D eigenvalue weighted by atomic mass is 10.2. The fourth-order valence-corrected chi connectivity index (χ4v) is 4.51. The van der Waals surface area contributed by atoms with Crippen LogP contribution in [0.4, 0.5) is 5.69 Å². The molecule has 0 atom stereocenters. The lowest BCUT2D eigenvalue weighted by molar-refractivity contribution is -0.147. The molecule has 1 N–H and O–H groups in total. The number of carbonyl (C=O) groups excluding carboxylic acids is 2. The lowest BCUT2D eigenvalue weighted by Crippen LogP contribution is -2.32. The van der Waals surface area contributed by atoms with Crippen LogP contribution in [0.5, 0.6) is 0 Å². The summed E-state index contributed by atoms with van der Waals surface area (Å²) in [6, 6.07) is 12.2. The van der Waals surface area contributed by atoms with Crippen molar-refractivity contribution in [2.45, 2.75) is 31.3 Å². The maximum Gasteiger partial charge on any atom is 0.307 e. The van der Waals surface area contributed by atoms with E-state index in [0.29, 0.717) is 5.69 Å². The molecule has 0 aromatic heterocycles. The van der Waals surface area contributed by atoms with Gasteiger partial charge < -0.3 is 10.1 Å². The number of benzene rings is 2. The van der Waals surface area contributed by atoms with Crippen molar-refractivity contribution in [1.29, 1.82) is 0 Å². The first-order valence-corrected chi connectivity index (χ1v) is 11.4. The number of sulfonamides is 1. The van der Waals surface area contributed by atoms with Crippen molar-refractivity contribution in [3.05, 3.63) is 71.8 Å². The van der Waals surface area contributed by atoms with Gasteiger partial charge in [0.05, 0.1) is 34.7 Å². The summed E-state index contributed by atoms with van der Waals surface area (Å²) in [4.78, 5) is 23.9. The van der Waals surface area contributed by atoms with Gasteiger partial charge in [-0.1, -0.05) is 35.9 Å². The van der Waals surface area contributed by atoms with Gasteiger partial charge in [-0.05, 0) is 44.2 Å². The predicted octanol–water partition coefficient (Wildman–Crippen LogP) is 3.79. The predicted molar refractivity (Wildman–Crippen MR) is 121 cm³/mol. The van der Waals surface area contributed by atoms with E-state index in [9.17, 15) is 18.0 Å². The van der Waals surface area contributed by atoms with Crippen LogP contribution in [0.2, 0.25) is 5.02 Å². The summed E-state index contributed by atoms with van der Waals surface area (Å²) in [5.74, 6) is -0.922. The van der Waals surface area contributed by atoms with E-state index < -0.39 is 21.9 Å². The van der Waals surface area contributed by atoms with Gasteiger partial charge in [-0.2, -0.15) is 0 Å². The first-order valence-electron chi connectivity index (χ1n) is 9.62. The highest BCUT2D eigenvalue weighted by Crippen LogP contribution is 2.30. The van der Waals surface area contributed by atoms with E-state index in [0.717, 1.165) is 4.31 Å². The summed E-state index contributed by atoms with van der Waals surface area (Å²) in [5.41, 5.74) is 0.457. The highest BCUT2D eigenvalue weighted by atomic mass is 35.5. The van der Waals surface area contributed by atoms with Crippen molar-refractivity contribution in [2.24, 2.45) is 0 Å². The third-order valence-electron chi connectivity index (χ3n) is 4.08. The van der Waals surface area contributed by atoms with Gasteiger partial charge in [-0.15, -0.1) is 6.58 Å². The molecule has 0 aliphatic rings. The Balaban J connectivity index is 2.22. The van der Waals surface area contributed by atoms with Gasteiger partial charge in [0, 0.05) is 12.1 Å². The van der Waals surface area contributed by atoms with Crippen LogP contribution in [-0.4, -0.2) is 39.5 Å². The van der Waals surface area contributed by atoms with Crippen LogP contribution in [-0.2, 0) is 19.6 Å². The molecule has 0 unspecified atom stereocenters. The van der Waals surface area contributed by atoms with Crippen molar-refractivity contribution in [2.75, 3.05) is 17.4 Å². The average Bonchev–Trinajstić information content (AvgIpc) is 2.72. The van der Waals surface area contributed by atoms with Crippen LogP contribution in [0, 0.1) is 0 Å². The molecule has 1 amide bonds. The van der Waals surface area contributed by atoms with E-state index in [1.165, 1.54) is 30.3 Å². The third kappa shape index (κ3) is 6.57. The largest absolute Gasteiger partial charge is 0.463 e. The quantitative estimate of drug-likeness (QED) is 0.426. The Morgan fingerprint density at radius 1 is 1.19 bits per heavy atom. The Bertz CT molecular complexity index is 1050. The van der Waals surface area contributed by atoms with Gasteiger partial charge in [0.15, 0.2) is 0 Å². The molecule has 0 radical (unpaired) electrons. The van der Waals surface area contributed by atoms with Crippen molar-refractivity contribution >= 4 is 39.2 Å². The molecule has 7 nitrogen and oxygen atoms in total. The van der Waals surface area contributed by atoms with Gasteiger partial charge in [0.1, 0.15) is 0 Å². The molecule has 0 heterocycles. The average molecular weight is 465 g/mol. The van der Waals surface area contributed by atoms with Gasteiger partial charge in [-0.3, -0.25) is 13.9 Å². The highest BCUT2D eigenvalue weighted by molar-refractivity contribution is 7.92. The first-order chi connectivity index (χ1) is 14.7. The number of carbonyl (C=O) groups is 2. The second kappa shape index (κ2) is 11.0. The number of anilines is 1. The van der Waals surface area contributed by atoms with Gasteiger partial charge in [0.25, 0.3) is 15.9 Å². The second-order valence-corrected chi connectivity index (χ2v) is 9.12. The molecule has 0 saturated heterocycles. The standard InChI is InChI=1S/C22H25ClN2O5S/c1-4-14-25(20-11-6-5-10-19(20)23)31(28,29)18-9-7-8-17(15-18)22(27)24-13-12-21(26)30-16(2)3/h4-11,15-16H,1,12-14H2,2-3H3,(H,24,27). The molecule has 0 saturated carbocycles. The molecular weight excluding hydrogens is 440 g/mol. The van der Waals surface area contributed by atoms with Crippen LogP contribution >= 0.6 is 11.6 Å². The summed E-state index contributed by atoms with van der Waals surface area (Å²) >= 11 is 6.20. The highest BCUT2D eigenvalue weighted by Gasteiger charge is 2.26. The molecule has 31 heavy (non-hydrogen) atoms. The first kappa shape index (κ1) is 24.4. The minimum atomic E-state index is -4.02. The Kier molecular flexibility index (Phi) is 8.65. The van der Waals surface area contributed by atoms with E-state index in [-0.39, 0.29) is 41.1 Å². The van der Waals surface area contributed by atoms with Gasteiger partial charge in [-0.25, -0.2) is 8.42 Å². The van der Waals surface area contributed by atoms with E-state index in [1.54, 1.807) is 38.1 Å². The number of para-hydroxylation sites is 1. The molecule has 9 heteroatoms. The smallest absolute Gasteiger partial charge is 0.307 e. The van der Waals surface area contributed by atoms with E-state index in [4.69, 9.17) is 16.3 Å². The number of esters is 1. The topological polar surface area (TPSA) is 92.8 Å². The Morgan fingerprint density at radius 2 is 1.90 bits per heavy atom. The zero-order chi connectivity index (χ0) is 23.0. The summed E-state index contributed by atoms with van der Waals surface area (Å²) in [6.45, 7) is 7.17. The number of hydrogen-bond donors (Lipinski definition) is 1. The molecule has 0 bridgehead atoms. The fraction of sp³-hybridized carbons (Fsp3) is 0.273. The van der Waals surface area contributed by atoms with Crippen molar-refractivity contribution in [3.63, 3.8) is 0 Å². The van der Waals surface area contributed by atoms with Crippen molar-refractivity contribution < 1.29 is 22.7 Å². The summed E-state index contributed by atoms with van der Waals surface area (Å²) in [7, 11) is -4.02. The molecule has 2 aromatic rings. The van der Waals surface area contributed by atoms with Crippen LogP contribution < -0.4 is 9.62 Å². The minimum Gasteiger partial charge on any atom is -0.463 e. The Labute approximate surface area is 187 Å².